The lowest BCUT2D eigenvalue weighted by molar-refractivity contribution is 0.736. The Balaban J connectivity index is 2.37. The zero-order chi connectivity index (χ0) is 9.68. The second-order valence-corrected chi connectivity index (χ2v) is 5.78. The number of benzene rings is 1. The lowest BCUT2D eigenvalue weighted by atomic mass is 10.1. The molecule has 0 spiro atoms. The van der Waals surface area contributed by atoms with E-state index in [2.05, 4.69) is 63.0 Å². The predicted molar refractivity (Wildman–Crippen MR) is 65.5 cm³/mol. The first-order valence-electron chi connectivity index (χ1n) is 4.57. The van der Waals surface area contributed by atoms with Crippen molar-refractivity contribution in [2.75, 3.05) is 0 Å². The van der Waals surface area contributed by atoms with E-state index in [1.165, 1.54) is 29.3 Å². The molecule has 1 rings (SSSR count). The quantitative estimate of drug-likeness (QED) is 0.716. The van der Waals surface area contributed by atoms with Gasteiger partial charge >= 0.3 is 0 Å². The number of aryl methyl sites for hydroxylation is 1. The van der Waals surface area contributed by atoms with E-state index < -0.39 is 0 Å². The maximum atomic E-state index is 3.55. The highest BCUT2D eigenvalue weighted by Crippen LogP contribution is 2.15. The minimum absolute atomic E-state index is 0.639. The van der Waals surface area contributed by atoms with E-state index in [-0.39, 0.29) is 0 Å². The molecule has 0 N–H and O–H groups in total. The summed E-state index contributed by atoms with van der Waals surface area (Å²) in [6, 6.07) is 8.54. The van der Waals surface area contributed by atoms with Crippen LogP contribution >= 0.6 is 31.9 Å². The van der Waals surface area contributed by atoms with E-state index in [0.717, 1.165) is 0 Å². The first kappa shape index (κ1) is 11.3. The van der Waals surface area contributed by atoms with Gasteiger partial charge in [-0.2, -0.15) is 0 Å². The minimum atomic E-state index is 0.639. The summed E-state index contributed by atoms with van der Waals surface area (Å²) in [5.74, 6) is 0. The van der Waals surface area contributed by atoms with Crippen molar-refractivity contribution < 1.29 is 0 Å². The smallest absolute Gasteiger partial charge is 0.0177 e. The Labute approximate surface area is 97.0 Å². The number of alkyl halides is 1. The van der Waals surface area contributed by atoms with E-state index in [4.69, 9.17) is 0 Å². The highest BCUT2D eigenvalue weighted by atomic mass is 79.9. The standard InChI is InChI=1S/C11H14Br2/c1-9(12)4-2-5-10-6-3-7-11(13)8-10/h3,6-9H,2,4-5H2,1H3. The van der Waals surface area contributed by atoms with Crippen molar-refractivity contribution in [3.63, 3.8) is 0 Å². The summed E-state index contributed by atoms with van der Waals surface area (Å²) in [5, 5.41) is 0. The normalized spacial score (nSPS) is 12.8. The summed E-state index contributed by atoms with van der Waals surface area (Å²) in [7, 11) is 0. The van der Waals surface area contributed by atoms with Crippen molar-refractivity contribution in [2.45, 2.75) is 31.0 Å². The zero-order valence-electron chi connectivity index (χ0n) is 7.76. The molecule has 0 nitrogen and oxygen atoms in total. The zero-order valence-corrected chi connectivity index (χ0v) is 10.9. The number of hydrogen-bond acceptors (Lipinski definition) is 0. The summed E-state index contributed by atoms with van der Waals surface area (Å²) in [6.45, 7) is 2.20. The van der Waals surface area contributed by atoms with Gasteiger partial charge < -0.3 is 0 Å². The molecule has 0 aromatic heterocycles. The van der Waals surface area contributed by atoms with Crippen molar-refractivity contribution >= 4 is 31.9 Å². The van der Waals surface area contributed by atoms with Gasteiger partial charge in [0.1, 0.15) is 0 Å². The molecular formula is C11H14Br2. The van der Waals surface area contributed by atoms with Crippen molar-refractivity contribution in [1.82, 2.24) is 0 Å². The van der Waals surface area contributed by atoms with Crippen LogP contribution in [0.3, 0.4) is 0 Å². The van der Waals surface area contributed by atoms with E-state index in [1.807, 2.05) is 0 Å². The number of rotatable bonds is 4. The fourth-order valence-electron chi connectivity index (χ4n) is 1.28. The van der Waals surface area contributed by atoms with E-state index in [1.54, 1.807) is 0 Å². The topological polar surface area (TPSA) is 0 Å². The van der Waals surface area contributed by atoms with Crippen LogP contribution in [0.1, 0.15) is 25.3 Å². The second kappa shape index (κ2) is 5.82. The molecule has 1 aromatic carbocycles. The van der Waals surface area contributed by atoms with Crippen LogP contribution in [0.15, 0.2) is 28.7 Å². The predicted octanol–water partition coefficient (Wildman–Crippen LogP) is 4.56. The lowest BCUT2D eigenvalue weighted by Crippen LogP contribution is -1.92. The molecule has 13 heavy (non-hydrogen) atoms. The third-order valence-electron chi connectivity index (χ3n) is 1.96. The Morgan fingerprint density at radius 2 is 2.15 bits per heavy atom. The summed E-state index contributed by atoms with van der Waals surface area (Å²) < 4.78 is 1.18. The largest absolute Gasteiger partial charge is 0.0894 e. The Hall–Kier alpha value is 0.180. The van der Waals surface area contributed by atoms with Crippen LogP contribution in [0.4, 0.5) is 0 Å². The Morgan fingerprint density at radius 1 is 1.38 bits per heavy atom. The van der Waals surface area contributed by atoms with Gasteiger partial charge in [0, 0.05) is 9.30 Å². The molecule has 0 bridgehead atoms. The summed E-state index contributed by atoms with van der Waals surface area (Å²) in [4.78, 5) is 0.639. The van der Waals surface area contributed by atoms with E-state index in [9.17, 15) is 0 Å². The van der Waals surface area contributed by atoms with Crippen molar-refractivity contribution in [3.05, 3.63) is 34.3 Å². The summed E-state index contributed by atoms with van der Waals surface area (Å²) in [6.07, 6.45) is 3.67. The molecule has 0 fully saturated rings. The van der Waals surface area contributed by atoms with Gasteiger partial charge in [0.05, 0.1) is 0 Å². The van der Waals surface area contributed by atoms with Crippen LogP contribution in [-0.4, -0.2) is 4.83 Å². The summed E-state index contributed by atoms with van der Waals surface area (Å²) >= 11 is 7.03. The van der Waals surface area contributed by atoms with Gasteiger partial charge in [0.25, 0.3) is 0 Å². The van der Waals surface area contributed by atoms with Gasteiger partial charge in [-0.3, -0.25) is 0 Å². The monoisotopic (exact) mass is 304 g/mol. The third-order valence-corrected chi connectivity index (χ3v) is 2.91. The molecule has 0 saturated carbocycles. The van der Waals surface area contributed by atoms with Gasteiger partial charge in [0.15, 0.2) is 0 Å². The van der Waals surface area contributed by atoms with Gasteiger partial charge in [-0.15, -0.1) is 0 Å². The first-order valence-corrected chi connectivity index (χ1v) is 6.28. The van der Waals surface area contributed by atoms with Crippen LogP contribution in [-0.2, 0) is 6.42 Å². The van der Waals surface area contributed by atoms with Crippen LogP contribution in [0.25, 0.3) is 0 Å². The van der Waals surface area contributed by atoms with E-state index in [0.29, 0.717) is 4.83 Å². The first-order chi connectivity index (χ1) is 6.18. The Morgan fingerprint density at radius 3 is 2.77 bits per heavy atom. The van der Waals surface area contributed by atoms with Gasteiger partial charge in [-0.1, -0.05) is 50.9 Å². The molecule has 0 aliphatic rings. The maximum absolute atomic E-state index is 3.55. The molecule has 0 radical (unpaired) electrons. The molecule has 1 unspecified atom stereocenters. The molecule has 1 aromatic rings. The van der Waals surface area contributed by atoms with Crippen LogP contribution < -0.4 is 0 Å². The SMILES string of the molecule is CC(Br)CCCc1cccc(Br)c1. The van der Waals surface area contributed by atoms with Crippen LogP contribution in [0.2, 0.25) is 0 Å². The average molecular weight is 306 g/mol. The van der Waals surface area contributed by atoms with Crippen molar-refractivity contribution in [3.8, 4) is 0 Å². The van der Waals surface area contributed by atoms with Crippen LogP contribution in [0, 0.1) is 0 Å². The Kier molecular flexibility index (Phi) is 5.04. The van der Waals surface area contributed by atoms with Gasteiger partial charge in [-0.05, 0) is 37.0 Å². The van der Waals surface area contributed by atoms with Crippen molar-refractivity contribution in [2.24, 2.45) is 0 Å². The molecule has 0 heterocycles. The average Bonchev–Trinajstić information content (AvgIpc) is 2.03. The van der Waals surface area contributed by atoms with Gasteiger partial charge in [-0.25, -0.2) is 0 Å². The number of hydrogen-bond donors (Lipinski definition) is 0. The molecule has 1 atom stereocenters. The Bertz CT molecular complexity index is 256. The number of halogens is 2. The van der Waals surface area contributed by atoms with Crippen LogP contribution in [0.5, 0.6) is 0 Å². The second-order valence-electron chi connectivity index (χ2n) is 3.30. The van der Waals surface area contributed by atoms with Gasteiger partial charge in [0.2, 0.25) is 0 Å². The maximum Gasteiger partial charge on any atom is 0.0177 e. The molecule has 2 heteroatoms. The molecule has 0 aliphatic carbocycles. The molecular weight excluding hydrogens is 292 g/mol. The minimum Gasteiger partial charge on any atom is -0.0894 e. The molecule has 0 aliphatic heterocycles. The fraction of sp³-hybridized carbons (Fsp3) is 0.455. The van der Waals surface area contributed by atoms with Crippen molar-refractivity contribution in [1.29, 1.82) is 0 Å². The van der Waals surface area contributed by atoms with E-state index >= 15 is 0 Å². The lowest BCUT2D eigenvalue weighted by Gasteiger charge is -2.03. The highest BCUT2D eigenvalue weighted by Gasteiger charge is 1.97. The fourth-order valence-corrected chi connectivity index (χ4v) is 2.05. The molecule has 0 saturated heterocycles. The summed E-state index contributed by atoms with van der Waals surface area (Å²) in [5.41, 5.74) is 1.42. The molecule has 0 amide bonds. The molecule has 72 valence electrons. The third kappa shape index (κ3) is 4.82. The highest BCUT2D eigenvalue weighted by molar-refractivity contribution is 9.10.